The predicted molar refractivity (Wildman–Crippen MR) is 86.2 cm³/mol. The van der Waals surface area contributed by atoms with E-state index < -0.39 is 24.0 Å². The zero-order chi connectivity index (χ0) is 16.5. The molecule has 4 heteroatoms. The van der Waals surface area contributed by atoms with Crippen molar-refractivity contribution in [3.63, 3.8) is 0 Å². The average Bonchev–Trinajstić information content (AvgIpc) is 2.45. The fourth-order valence-corrected chi connectivity index (χ4v) is 2.39. The maximum absolute atomic E-state index is 11.9. The van der Waals surface area contributed by atoms with Crippen LogP contribution in [0.5, 0.6) is 0 Å². The second-order valence-electron chi connectivity index (χ2n) is 5.62. The molecule has 0 aromatic heterocycles. The molecule has 1 rings (SSSR count). The summed E-state index contributed by atoms with van der Waals surface area (Å²) >= 11 is 0. The summed E-state index contributed by atoms with van der Waals surface area (Å²) in [4.78, 5) is 23.4. The highest BCUT2D eigenvalue weighted by Crippen LogP contribution is 2.22. The second-order valence-corrected chi connectivity index (χ2v) is 5.62. The molecule has 22 heavy (non-hydrogen) atoms. The summed E-state index contributed by atoms with van der Waals surface area (Å²) in [6, 6.07) is 9.41. The molecule has 1 N–H and O–H groups in total. The lowest BCUT2D eigenvalue weighted by Gasteiger charge is -2.26. The Morgan fingerprint density at radius 1 is 1.23 bits per heavy atom. The molecule has 0 aliphatic rings. The van der Waals surface area contributed by atoms with Crippen molar-refractivity contribution < 1.29 is 19.4 Å². The molecule has 0 bridgehead atoms. The predicted octanol–water partition coefficient (Wildman–Crippen LogP) is 3.77. The first kappa shape index (κ1) is 18.0. The number of ether oxygens (including phenoxy) is 1. The molecule has 0 aliphatic heterocycles. The van der Waals surface area contributed by atoms with Gasteiger partial charge in [0, 0.05) is 6.08 Å². The van der Waals surface area contributed by atoms with Gasteiger partial charge in [0.1, 0.15) is 6.10 Å². The molecule has 2 unspecified atom stereocenters. The van der Waals surface area contributed by atoms with Gasteiger partial charge in [0.2, 0.25) is 0 Å². The third kappa shape index (κ3) is 5.72. The van der Waals surface area contributed by atoms with Crippen molar-refractivity contribution in [3.05, 3.63) is 42.0 Å². The van der Waals surface area contributed by atoms with E-state index in [9.17, 15) is 14.7 Å². The maximum Gasteiger partial charge on any atom is 0.331 e. The van der Waals surface area contributed by atoms with E-state index in [2.05, 4.69) is 0 Å². The van der Waals surface area contributed by atoms with Gasteiger partial charge in [0.25, 0.3) is 0 Å². The number of carbonyl (C=O) groups is 2. The molecule has 0 heterocycles. The Hall–Kier alpha value is -2.10. The van der Waals surface area contributed by atoms with E-state index in [-0.39, 0.29) is 5.92 Å². The Morgan fingerprint density at radius 2 is 1.86 bits per heavy atom. The average molecular weight is 304 g/mol. The molecule has 1 aromatic carbocycles. The first-order valence-corrected chi connectivity index (χ1v) is 7.62. The van der Waals surface area contributed by atoms with Gasteiger partial charge in [-0.05, 0) is 24.0 Å². The normalized spacial score (nSPS) is 14.0. The summed E-state index contributed by atoms with van der Waals surface area (Å²) in [6.45, 7) is 5.60. The minimum absolute atomic E-state index is 0.0973. The van der Waals surface area contributed by atoms with Crippen molar-refractivity contribution >= 4 is 18.0 Å². The highest BCUT2D eigenvalue weighted by Gasteiger charge is 2.32. The van der Waals surface area contributed by atoms with E-state index in [1.54, 1.807) is 6.08 Å². The van der Waals surface area contributed by atoms with Crippen LogP contribution in [0, 0.1) is 11.8 Å². The number of aliphatic carboxylic acids is 1. The zero-order valence-electron chi connectivity index (χ0n) is 13.4. The SMILES string of the molecule is CCCC(OC(=O)/C=C/c1ccccc1)C(C(=O)O)C(C)C. The summed E-state index contributed by atoms with van der Waals surface area (Å²) in [5, 5.41) is 9.35. The highest BCUT2D eigenvalue weighted by molar-refractivity contribution is 5.87. The first-order valence-electron chi connectivity index (χ1n) is 7.62. The summed E-state index contributed by atoms with van der Waals surface area (Å²) in [5.74, 6) is -2.21. The number of carboxylic acid groups (broad SMARTS) is 1. The van der Waals surface area contributed by atoms with E-state index in [4.69, 9.17) is 4.74 Å². The van der Waals surface area contributed by atoms with E-state index in [1.165, 1.54) is 6.08 Å². The van der Waals surface area contributed by atoms with Crippen LogP contribution >= 0.6 is 0 Å². The van der Waals surface area contributed by atoms with E-state index in [1.807, 2.05) is 51.1 Å². The minimum atomic E-state index is -0.923. The van der Waals surface area contributed by atoms with Gasteiger partial charge >= 0.3 is 11.9 Å². The first-order chi connectivity index (χ1) is 10.5. The number of hydrogen-bond acceptors (Lipinski definition) is 3. The molecule has 1 aromatic rings. The lowest BCUT2D eigenvalue weighted by Crippen LogP contribution is -2.35. The number of carbonyl (C=O) groups excluding carboxylic acids is 1. The van der Waals surface area contributed by atoms with E-state index >= 15 is 0 Å². The molecule has 0 amide bonds. The maximum atomic E-state index is 11.9. The molecule has 0 saturated carbocycles. The molecule has 4 nitrogen and oxygen atoms in total. The fourth-order valence-electron chi connectivity index (χ4n) is 2.39. The van der Waals surface area contributed by atoms with Gasteiger partial charge in [-0.2, -0.15) is 0 Å². The molecular formula is C18H24O4. The monoisotopic (exact) mass is 304 g/mol. The van der Waals surface area contributed by atoms with Gasteiger partial charge in [-0.25, -0.2) is 4.79 Å². The Labute approximate surface area is 131 Å². The van der Waals surface area contributed by atoms with Gasteiger partial charge in [0.15, 0.2) is 0 Å². The largest absolute Gasteiger partial charge is 0.481 e. The Balaban J connectivity index is 2.75. The number of esters is 1. The summed E-state index contributed by atoms with van der Waals surface area (Å²) < 4.78 is 5.39. The summed E-state index contributed by atoms with van der Waals surface area (Å²) in [5.41, 5.74) is 0.894. The molecule has 0 radical (unpaired) electrons. The quantitative estimate of drug-likeness (QED) is 0.586. The Bertz CT molecular complexity index is 505. The van der Waals surface area contributed by atoms with Crippen molar-refractivity contribution in [3.8, 4) is 0 Å². The van der Waals surface area contributed by atoms with Crippen LogP contribution in [-0.2, 0) is 14.3 Å². The second kappa shape index (κ2) is 9.03. The van der Waals surface area contributed by atoms with E-state index in [0.717, 1.165) is 12.0 Å². The number of benzene rings is 1. The highest BCUT2D eigenvalue weighted by atomic mass is 16.5. The van der Waals surface area contributed by atoms with Gasteiger partial charge in [-0.1, -0.05) is 57.5 Å². The molecule has 2 atom stereocenters. The molecule has 0 spiro atoms. The van der Waals surface area contributed by atoms with Crippen LogP contribution in [0.25, 0.3) is 6.08 Å². The van der Waals surface area contributed by atoms with E-state index in [0.29, 0.717) is 6.42 Å². The lowest BCUT2D eigenvalue weighted by atomic mass is 9.88. The standard InChI is InChI=1S/C18H24O4/c1-4-8-15(17(13(2)3)18(20)21)22-16(19)12-11-14-9-6-5-7-10-14/h5-7,9-13,15,17H,4,8H2,1-3H3,(H,20,21)/b12-11+. The van der Waals surface area contributed by atoms with Crippen LogP contribution in [0.1, 0.15) is 39.2 Å². The molecule has 0 aliphatic carbocycles. The zero-order valence-corrected chi connectivity index (χ0v) is 13.4. The number of carboxylic acids is 1. The van der Waals surface area contributed by atoms with Crippen molar-refractivity contribution in [1.82, 2.24) is 0 Å². The van der Waals surface area contributed by atoms with Crippen LogP contribution in [0.4, 0.5) is 0 Å². The molecule has 0 fully saturated rings. The van der Waals surface area contributed by atoms with Crippen molar-refractivity contribution in [1.29, 1.82) is 0 Å². The third-order valence-electron chi connectivity index (χ3n) is 3.46. The van der Waals surface area contributed by atoms with Crippen molar-refractivity contribution in [2.75, 3.05) is 0 Å². The Morgan fingerprint density at radius 3 is 2.36 bits per heavy atom. The van der Waals surface area contributed by atoms with Gasteiger partial charge < -0.3 is 9.84 Å². The van der Waals surface area contributed by atoms with Crippen LogP contribution in [-0.4, -0.2) is 23.1 Å². The third-order valence-corrected chi connectivity index (χ3v) is 3.46. The van der Waals surface area contributed by atoms with Crippen LogP contribution in [0.3, 0.4) is 0 Å². The van der Waals surface area contributed by atoms with Crippen LogP contribution < -0.4 is 0 Å². The Kier molecular flexibility index (Phi) is 7.37. The smallest absolute Gasteiger partial charge is 0.331 e. The van der Waals surface area contributed by atoms with Crippen LogP contribution in [0.2, 0.25) is 0 Å². The summed E-state index contributed by atoms with van der Waals surface area (Å²) in [6.07, 6.45) is 3.71. The number of rotatable bonds is 8. The van der Waals surface area contributed by atoms with Crippen LogP contribution in [0.15, 0.2) is 36.4 Å². The lowest BCUT2D eigenvalue weighted by molar-refractivity contribution is -0.157. The van der Waals surface area contributed by atoms with Gasteiger partial charge in [0.05, 0.1) is 5.92 Å². The number of hydrogen-bond donors (Lipinski definition) is 1. The molecule has 120 valence electrons. The molecule has 0 saturated heterocycles. The fraction of sp³-hybridized carbons (Fsp3) is 0.444. The summed E-state index contributed by atoms with van der Waals surface area (Å²) in [7, 11) is 0. The van der Waals surface area contributed by atoms with Gasteiger partial charge in [-0.15, -0.1) is 0 Å². The molecular weight excluding hydrogens is 280 g/mol. The minimum Gasteiger partial charge on any atom is -0.481 e. The topological polar surface area (TPSA) is 63.6 Å². The van der Waals surface area contributed by atoms with Crippen molar-refractivity contribution in [2.24, 2.45) is 11.8 Å². The van der Waals surface area contributed by atoms with Crippen molar-refractivity contribution in [2.45, 2.75) is 39.7 Å². The van der Waals surface area contributed by atoms with Gasteiger partial charge in [-0.3, -0.25) is 4.79 Å².